The second-order valence-corrected chi connectivity index (χ2v) is 6.74. The third-order valence-corrected chi connectivity index (χ3v) is 4.71. The monoisotopic (exact) mass is 426 g/mol. The molecule has 3 aromatic rings. The fourth-order valence-electron chi connectivity index (χ4n) is 2.08. The number of nitrogens with zero attached hydrogens (tertiary/aromatic N) is 1. The van der Waals surface area contributed by atoms with Gasteiger partial charge in [-0.2, -0.15) is 0 Å². The van der Waals surface area contributed by atoms with Crippen LogP contribution in [0.5, 0.6) is 0 Å². The topological polar surface area (TPSA) is 28.7 Å². The Morgan fingerprint density at radius 2 is 1.84 bits per heavy atom. The Hall–Kier alpha value is -0.880. The highest BCUT2D eigenvalue weighted by Crippen LogP contribution is 2.28. The zero-order valence-corrected chi connectivity index (χ0v) is 14.3. The van der Waals surface area contributed by atoms with E-state index in [4.69, 9.17) is 4.98 Å². The Kier molecular flexibility index (Phi) is 3.39. The largest absolute Gasteiger partial charge is 0.338 e. The third-order valence-electron chi connectivity index (χ3n) is 3.28. The molecule has 96 valence electrons. The summed E-state index contributed by atoms with van der Waals surface area (Å²) in [5.74, 6) is 0.922. The van der Waals surface area contributed by atoms with Gasteiger partial charge in [0.05, 0.1) is 11.0 Å². The molecule has 0 aliphatic rings. The summed E-state index contributed by atoms with van der Waals surface area (Å²) in [7, 11) is 0. The van der Waals surface area contributed by atoms with E-state index in [9.17, 15) is 0 Å². The molecule has 0 bridgehead atoms. The summed E-state index contributed by atoms with van der Waals surface area (Å²) in [4.78, 5) is 8.12. The Balaban J connectivity index is 2.23. The molecule has 0 aliphatic heterocycles. The van der Waals surface area contributed by atoms with Gasteiger partial charge in [0, 0.05) is 13.6 Å². The van der Waals surface area contributed by atoms with Crippen molar-refractivity contribution in [1.82, 2.24) is 9.97 Å². The third kappa shape index (κ3) is 2.43. The summed E-state index contributed by atoms with van der Waals surface area (Å²) in [6, 6.07) is 10.5. The number of nitrogens with one attached hydrogen (secondary N) is 1. The normalized spacial score (nSPS) is 11.2. The van der Waals surface area contributed by atoms with E-state index in [0.29, 0.717) is 0 Å². The van der Waals surface area contributed by atoms with Crippen molar-refractivity contribution in [1.29, 1.82) is 0 Å². The van der Waals surface area contributed by atoms with Crippen molar-refractivity contribution >= 4 is 49.6 Å². The van der Waals surface area contributed by atoms with Crippen molar-refractivity contribution in [3.8, 4) is 11.4 Å². The van der Waals surface area contributed by atoms with Crippen molar-refractivity contribution in [2.75, 3.05) is 0 Å². The van der Waals surface area contributed by atoms with E-state index >= 15 is 0 Å². The van der Waals surface area contributed by atoms with Gasteiger partial charge in [-0.05, 0) is 77.9 Å². The van der Waals surface area contributed by atoms with Gasteiger partial charge >= 0.3 is 0 Å². The highest BCUT2D eigenvalue weighted by Gasteiger charge is 2.10. The lowest BCUT2D eigenvalue weighted by Gasteiger charge is -2.01. The molecule has 0 unspecified atom stereocenters. The van der Waals surface area contributed by atoms with Crippen molar-refractivity contribution in [2.24, 2.45) is 0 Å². The van der Waals surface area contributed by atoms with Crippen LogP contribution in [0.1, 0.15) is 11.1 Å². The number of rotatable bonds is 1. The van der Waals surface area contributed by atoms with E-state index in [0.717, 1.165) is 26.9 Å². The number of hydrogen-bond acceptors (Lipinski definition) is 1. The quantitative estimate of drug-likeness (QED) is 0.531. The van der Waals surface area contributed by atoms with E-state index in [1.54, 1.807) is 0 Å². The summed E-state index contributed by atoms with van der Waals surface area (Å²) in [5.41, 5.74) is 5.80. The minimum atomic E-state index is 0.922. The zero-order valence-electron chi connectivity index (χ0n) is 10.6. The summed E-state index contributed by atoms with van der Waals surface area (Å²) < 4.78 is 2.25. The van der Waals surface area contributed by atoms with Gasteiger partial charge in [-0.3, -0.25) is 0 Å². The number of fused-ring (bicyclic) bond motifs is 1. The van der Waals surface area contributed by atoms with Crippen LogP contribution in [0.25, 0.3) is 22.4 Å². The van der Waals surface area contributed by atoms with Gasteiger partial charge in [0.1, 0.15) is 5.82 Å². The van der Waals surface area contributed by atoms with Gasteiger partial charge in [0.15, 0.2) is 0 Å². The maximum Gasteiger partial charge on any atom is 0.139 e. The van der Waals surface area contributed by atoms with Crippen LogP contribution in [0, 0.1) is 17.4 Å². The van der Waals surface area contributed by atoms with Crippen molar-refractivity contribution in [3.05, 3.63) is 49.5 Å². The standard InChI is InChI=1S/C15H12BrIN2/c1-8-5-13-14(6-9(8)2)19-15(18-13)11-7-10(16)3-4-12(11)17/h3-7H,1-2H3,(H,18,19). The molecule has 2 aromatic carbocycles. The number of aryl methyl sites for hydroxylation is 2. The molecule has 1 N–H and O–H groups in total. The van der Waals surface area contributed by atoms with Crippen LogP contribution in [0.15, 0.2) is 34.8 Å². The summed E-state index contributed by atoms with van der Waals surface area (Å²) in [6.45, 7) is 4.24. The Morgan fingerprint density at radius 1 is 1.11 bits per heavy atom. The molecular formula is C15H12BrIN2. The van der Waals surface area contributed by atoms with E-state index < -0.39 is 0 Å². The van der Waals surface area contributed by atoms with Crippen LogP contribution in [0.3, 0.4) is 0 Å². The molecule has 0 amide bonds. The lowest BCUT2D eigenvalue weighted by Crippen LogP contribution is -1.84. The first-order valence-corrected chi connectivity index (χ1v) is 7.84. The van der Waals surface area contributed by atoms with Gasteiger partial charge in [-0.15, -0.1) is 0 Å². The number of aromatic amines is 1. The number of imidazole rings is 1. The minimum absolute atomic E-state index is 0.922. The van der Waals surface area contributed by atoms with Gasteiger partial charge in [0.25, 0.3) is 0 Å². The van der Waals surface area contributed by atoms with E-state index in [1.807, 2.05) is 6.07 Å². The molecular weight excluding hydrogens is 415 g/mol. The van der Waals surface area contributed by atoms with Crippen LogP contribution >= 0.6 is 38.5 Å². The lowest BCUT2D eigenvalue weighted by atomic mass is 10.1. The molecule has 0 saturated carbocycles. The molecule has 3 rings (SSSR count). The Labute approximate surface area is 133 Å². The minimum Gasteiger partial charge on any atom is -0.338 e. The Bertz CT molecular complexity index is 738. The average Bonchev–Trinajstić information content (AvgIpc) is 2.75. The second-order valence-electron chi connectivity index (χ2n) is 4.66. The van der Waals surface area contributed by atoms with Crippen LogP contribution in [0.4, 0.5) is 0 Å². The zero-order chi connectivity index (χ0) is 13.6. The summed E-state index contributed by atoms with van der Waals surface area (Å²) >= 11 is 5.85. The highest BCUT2D eigenvalue weighted by atomic mass is 127. The molecule has 4 heteroatoms. The Morgan fingerprint density at radius 3 is 2.63 bits per heavy atom. The molecule has 0 aliphatic carbocycles. The van der Waals surface area contributed by atoms with Gasteiger partial charge < -0.3 is 4.98 Å². The highest BCUT2D eigenvalue weighted by molar-refractivity contribution is 14.1. The lowest BCUT2D eigenvalue weighted by molar-refractivity contribution is 1.32. The number of benzene rings is 2. The van der Waals surface area contributed by atoms with Gasteiger partial charge in [0.2, 0.25) is 0 Å². The molecule has 1 heterocycles. The van der Waals surface area contributed by atoms with Crippen molar-refractivity contribution in [3.63, 3.8) is 0 Å². The number of halogens is 2. The molecule has 1 aromatic heterocycles. The molecule has 0 atom stereocenters. The van der Waals surface area contributed by atoms with E-state index in [-0.39, 0.29) is 0 Å². The van der Waals surface area contributed by atoms with Crippen molar-refractivity contribution in [2.45, 2.75) is 13.8 Å². The molecule has 0 saturated heterocycles. The first-order chi connectivity index (χ1) is 9.04. The SMILES string of the molecule is Cc1cc2nc(-c3cc(Br)ccc3I)[nH]c2cc1C. The summed E-state index contributed by atoms with van der Waals surface area (Å²) in [6.07, 6.45) is 0. The maximum absolute atomic E-state index is 4.71. The van der Waals surface area contributed by atoms with Crippen LogP contribution in [0.2, 0.25) is 0 Å². The summed E-state index contributed by atoms with van der Waals surface area (Å²) in [5, 5.41) is 0. The fourth-order valence-corrected chi connectivity index (χ4v) is 3.03. The average molecular weight is 427 g/mol. The molecule has 0 spiro atoms. The van der Waals surface area contributed by atoms with Crippen LogP contribution in [-0.4, -0.2) is 9.97 Å². The van der Waals surface area contributed by atoms with E-state index in [1.165, 1.54) is 14.7 Å². The smallest absolute Gasteiger partial charge is 0.139 e. The second kappa shape index (κ2) is 4.90. The molecule has 19 heavy (non-hydrogen) atoms. The van der Waals surface area contributed by atoms with Crippen LogP contribution < -0.4 is 0 Å². The number of aromatic nitrogens is 2. The van der Waals surface area contributed by atoms with E-state index in [2.05, 4.69) is 81.6 Å². The van der Waals surface area contributed by atoms with Crippen LogP contribution in [-0.2, 0) is 0 Å². The predicted octanol–water partition coefficient (Wildman–Crippen LogP) is 5.21. The van der Waals surface area contributed by atoms with Gasteiger partial charge in [-0.1, -0.05) is 15.9 Å². The first kappa shape index (κ1) is 13.1. The molecule has 2 nitrogen and oxygen atoms in total. The number of H-pyrrole nitrogens is 1. The molecule has 0 radical (unpaired) electrons. The number of hydrogen-bond donors (Lipinski definition) is 1. The van der Waals surface area contributed by atoms with Gasteiger partial charge in [-0.25, -0.2) is 4.98 Å². The first-order valence-electron chi connectivity index (χ1n) is 5.97. The predicted molar refractivity (Wildman–Crippen MR) is 91.4 cm³/mol. The molecule has 0 fully saturated rings. The fraction of sp³-hybridized carbons (Fsp3) is 0.133. The maximum atomic E-state index is 4.71. The van der Waals surface area contributed by atoms with Crippen molar-refractivity contribution < 1.29 is 0 Å².